The third-order valence-electron chi connectivity index (χ3n) is 6.58. The van der Waals surface area contributed by atoms with Crippen LogP contribution in [0.3, 0.4) is 0 Å². The first kappa shape index (κ1) is 20.1. The summed E-state index contributed by atoms with van der Waals surface area (Å²) >= 11 is 1.85. The lowest BCUT2D eigenvalue weighted by Crippen LogP contribution is -2.22. The van der Waals surface area contributed by atoms with E-state index in [0.717, 1.165) is 29.8 Å². The molecule has 2 aliphatic rings. The molecule has 1 aliphatic heterocycles. The van der Waals surface area contributed by atoms with Gasteiger partial charge in [-0.25, -0.2) is 0 Å². The number of aromatic nitrogens is 3. The minimum absolute atomic E-state index is 0.363. The Bertz CT molecular complexity index is 968. The number of benzene rings is 2. The first-order valence-electron chi connectivity index (χ1n) is 11.5. The molecule has 3 aromatic rings. The first-order valence-corrected chi connectivity index (χ1v) is 12.5. The maximum atomic E-state index is 5.96. The second kappa shape index (κ2) is 9.52. The van der Waals surface area contributed by atoms with Crippen molar-refractivity contribution in [2.24, 2.45) is 0 Å². The van der Waals surface area contributed by atoms with Gasteiger partial charge >= 0.3 is 0 Å². The predicted octanol–water partition coefficient (Wildman–Crippen LogP) is 6.19. The molecule has 0 unspecified atom stereocenters. The zero-order chi connectivity index (χ0) is 20.2. The zero-order valence-electron chi connectivity index (χ0n) is 17.6. The zero-order valence-corrected chi connectivity index (χ0v) is 18.4. The predicted molar refractivity (Wildman–Crippen MR) is 123 cm³/mol. The van der Waals surface area contributed by atoms with Gasteiger partial charge in [0.05, 0.1) is 6.10 Å². The Morgan fingerprint density at radius 1 is 0.900 bits per heavy atom. The summed E-state index contributed by atoms with van der Waals surface area (Å²) in [6.07, 6.45) is 11.3. The molecule has 2 aromatic carbocycles. The molecule has 0 bridgehead atoms. The van der Waals surface area contributed by atoms with Crippen LogP contribution in [0, 0.1) is 0 Å². The van der Waals surface area contributed by atoms with E-state index in [4.69, 9.17) is 9.84 Å². The monoisotopic (exact) mass is 421 g/mol. The number of ether oxygens (including phenoxy) is 1. The fourth-order valence-corrected chi connectivity index (χ4v) is 6.05. The van der Waals surface area contributed by atoms with E-state index >= 15 is 0 Å². The molecule has 1 aliphatic carbocycles. The van der Waals surface area contributed by atoms with E-state index in [0.29, 0.717) is 12.1 Å². The molecule has 5 rings (SSSR count). The van der Waals surface area contributed by atoms with Gasteiger partial charge in [0, 0.05) is 24.8 Å². The molecule has 30 heavy (non-hydrogen) atoms. The lowest BCUT2D eigenvalue weighted by atomic mass is 9.95. The number of nitrogens with zero attached hydrogens (tertiary/aromatic N) is 3. The van der Waals surface area contributed by atoms with Gasteiger partial charge in [0.1, 0.15) is 5.82 Å². The van der Waals surface area contributed by atoms with Crippen molar-refractivity contribution in [1.29, 1.82) is 0 Å². The Balaban J connectivity index is 1.42. The molecular formula is C25H31N3OS. The van der Waals surface area contributed by atoms with Crippen molar-refractivity contribution < 1.29 is 4.74 Å². The van der Waals surface area contributed by atoms with Gasteiger partial charge in [-0.3, -0.25) is 0 Å². The quantitative estimate of drug-likeness (QED) is 0.445. The van der Waals surface area contributed by atoms with Crippen molar-refractivity contribution in [1.82, 2.24) is 14.8 Å². The van der Waals surface area contributed by atoms with Crippen LogP contribution < -0.4 is 0 Å². The van der Waals surface area contributed by atoms with Gasteiger partial charge in [0.25, 0.3) is 0 Å². The SMILES string of the molecule is c1ccc2c(Cc3nnc(SC[C@H]4CCCCO4)n3C3CCCCC3)cccc2c1. The average molecular weight is 422 g/mol. The molecule has 1 saturated carbocycles. The van der Waals surface area contributed by atoms with Crippen LogP contribution in [-0.4, -0.2) is 33.2 Å². The standard InChI is InChI=1S/C25H31N3OS/c1-2-12-21(13-3-1)28-24(17-20-11-8-10-19-9-4-5-15-23(19)20)26-27-25(28)30-18-22-14-6-7-16-29-22/h4-5,8-11,15,21-22H,1-3,6-7,12-14,16-18H2/t22-/m1/s1. The Kier molecular flexibility index (Phi) is 6.37. The maximum absolute atomic E-state index is 5.96. The number of hydrogen-bond acceptors (Lipinski definition) is 4. The summed E-state index contributed by atoms with van der Waals surface area (Å²) in [5.74, 6) is 2.10. The van der Waals surface area contributed by atoms with Crippen LogP contribution in [0.2, 0.25) is 0 Å². The average Bonchev–Trinajstić information content (AvgIpc) is 3.21. The molecular weight excluding hydrogens is 390 g/mol. The molecule has 2 fully saturated rings. The Morgan fingerprint density at radius 3 is 2.60 bits per heavy atom. The van der Waals surface area contributed by atoms with Crippen molar-refractivity contribution in [3.63, 3.8) is 0 Å². The summed E-state index contributed by atoms with van der Waals surface area (Å²) in [5.41, 5.74) is 1.34. The minimum Gasteiger partial charge on any atom is -0.377 e. The number of fused-ring (bicyclic) bond motifs is 1. The van der Waals surface area contributed by atoms with E-state index in [1.165, 1.54) is 67.7 Å². The van der Waals surface area contributed by atoms with Crippen LogP contribution in [0.25, 0.3) is 10.8 Å². The highest BCUT2D eigenvalue weighted by Crippen LogP contribution is 2.34. The third-order valence-corrected chi connectivity index (χ3v) is 7.65. The molecule has 0 amide bonds. The van der Waals surface area contributed by atoms with Gasteiger partial charge in [-0.15, -0.1) is 10.2 Å². The van der Waals surface area contributed by atoms with Gasteiger partial charge in [0.15, 0.2) is 5.16 Å². The second-order valence-electron chi connectivity index (χ2n) is 8.68. The molecule has 1 saturated heterocycles. The summed E-state index contributed by atoms with van der Waals surface area (Å²) in [6.45, 7) is 0.910. The van der Waals surface area contributed by atoms with Crippen molar-refractivity contribution in [3.8, 4) is 0 Å². The van der Waals surface area contributed by atoms with Crippen LogP contribution >= 0.6 is 11.8 Å². The van der Waals surface area contributed by atoms with Gasteiger partial charge in [-0.2, -0.15) is 0 Å². The number of hydrogen-bond donors (Lipinski definition) is 0. The fraction of sp³-hybridized carbons (Fsp3) is 0.520. The van der Waals surface area contributed by atoms with E-state index < -0.39 is 0 Å². The molecule has 1 aromatic heterocycles. The summed E-state index contributed by atoms with van der Waals surface area (Å²) < 4.78 is 8.44. The van der Waals surface area contributed by atoms with Gasteiger partial charge in [0.2, 0.25) is 0 Å². The van der Waals surface area contributed by atoms with Crippen molar-refractivity contribution in [2.45, 2.75) is 75.1 Å². The van der Waals surface area contributed by atoms with E-state index in [1.54, 1.807) is 0 Å². The number of thioether (sulfide) groups is 1. The molecule has 4 nitrogen and oxygen atoms in total. The maximum Gasteiger partial charge on any atom is 0.191 e. The largest absolute Gasteiger partial charge is 0.377 e. The van der Waals surface area contributed by atoms with Crippen molar-refractivity contribution >= 4 is 22.5 Å². The number of rotatable bonds is 6. The molecule has 0 N–H and O–H groups in total. The summed E-state index contributed by atoms with van der Waals surface area (Å²) in [4.78, 5) is 0. The van der Waals surface area contributed by atoms with Gasteiger partial charge < -0.3 is 9.30 Å². The highest BCUT2D eigenvalue weighted by molar-refractivity contribution is 7.99. The van der Waals surface area contributed by atoms with E-state index in [1.807, 2.05) is 11.8 Å². The lowest BCUT2D eigenvalue weighted by molar-refractivity contribution is 0.0315. The molecule has 0 radical (unpaired) electrons. The summed E-state index contributed by atoms with van der Waals surface area (Å²) in [5, 5.41) is 13.1. The van der Waals surface area contributed by atoms with Gasteiger partial charge in [-0.05, 0) is 48.4 Å². The van der Waals surface area contributed by atoms with Crippen LogP contribution in [0.4, 0.5) is 0 Å². The molecule has 1 atom stereocenters. The van der Waals surface area contributed by atoms with Crippen LogP contribution in [0.15, 0.2) is 47.6 Å². The topological polar surface area (TPSA) is 39.9 Å². The highest BCUT2D eigenvalue weighted by Gasteiger charge is 2.24. The van der Waals surface area contributed by atoms with Crippen molar-refractivity contribution in [3.05, 3.63) is 53.9 Å². The smallest absolute Gasteiger partial charge is 0.191 e. The Morgan fingerprint density at radius 2 is 1.73 bits per heavy atom. The summed E-state index contributed by atoms with van der Waals surface area (Å²) in [6, 6.07) is 15.8. The van der Waals surface area contributed by atoms with Crippen molar-refractivity contribution in [2.75, 3.05) is 12.4 Å². The molecule has 2 heterocycles. The second-order valence-corrected chi connectivity index (χ2v) is 9.66. The minimum atomic E-state index is 0.363. The van der Waals surface area contributed by atoms with E-state index in [2.05, 4.69) is 52.1 Å². The third kappa shape index (κ3) is 4.42. The van der Waals surface area contributed by atoms with E-state index in [-0.39, 0.29) is 0 Å². The molecule has 158 valence electrons. The Hall–Kier alpha value is -1.85. The normalized spacial score (nSPS) is 20.6. The summed E-state index contributed by atoms with van der Waals surface area (Å²) in [7, 11) is 0. The van der Waals surface area contributed by atoms with Crippen LogP contribution in [-0.2, 0) is 11.2 Å². The Labute approximate surface area is 183 Å². The van der Waals surface area contributed by atoms with Crippen LogP contribution in [0.1, 0.15) is 68.8 Å². The molecule has 5 heteroatoms. The highest BCUT2D eigenvalue weighted by atomic mass is 32.2. The lowest BCUT2D eigenvalue weighted by Gasteiger charge is -2.26. The van der Waals surface area contributed by atoms with Gasteiger partial charge in [-0.1, -0.05) is 73.5 Å². The van der Waals surface area contributed by atoms with E-state index in [9.17, 15) is 0 Å². The first-order chi connectivity index (χ1) is 14.9. The molecule has 0 spiro atoms. The fourth-order valence-electron chi connectivity index (χ4n) is 4.96. The van der Waals surface area contributed by atoms with Crippen LogP contribution in [0.5, 0.6) is 0 Å².